The Morgan fingerprint density at radius 3 is 0.764 bits per heavy atom. The van der Waals surface area contributed by atoms with Crippen LogP contribution in [0.3, 0.4) is 0 Å². The van der Waals surface area contributed by atoms with Crippen LogP contribution in [-0.2, 0) is 35.3 Å². The summed E-state index contributed by atoms with van der Waals surface area (Å²) < 4.78 is 106. The van der Waals surface area contributed by atoms with Crippen LogP contribution in [0.1, 0.15) is 172 Å². The van der Waals surface area contributed by atoms with E-state index in [0.717, 1.165) is 18.2 Å². The number of nitrogens with one attached hydrogen (secondary N) is 3. The summed E-state index contributed by atoms with van der Waals surface area (Å²) in [6, 6.07) is 32.4. The van der Waals surface area contributed by atoms with Gasteiger partial charge < -0.3 is 30.2 Å². The second-order valence-electron chi connectivity index (χ2n) is 33.3. The first-order valence-corrected chi connectivity index (χ1v) is 37.9. The fourth-order valence-electron chi connectivity index (χ4n) is 14.9. The lowest BCUT2D eigenvalue weighted by atomic mass is 9.68. The summed E-state index contributed by atoms with van der Waals surface area (Å²) in [5, 5.41) is 9.05. The largest absolute Gasteiger partial charge is 0.481 e. The minimum absolute atomic E-state index is 0.00712. The van der Waals surface area contributed by atoms with Crippen molar-refractivity contribution in [1.29, 1.82) is 0 Å². The average Bonchev–Trinajstić information content (AvgIpc) is 0.694. The topological polar surface area (TPSA) is 226 Å². The molecule has 110 heavy (non-hydrogen) atoms. The van der Waals surface area contributed by atoms with Crippen LogP contribution >= 0.6 is 42.6 Å². The van der Waals surface area contributed by atoms with Gasteiger partial charge in [-0.3, -0.25) is 56.0 Å². The van der Waals surface area contributed by atoms with Gasteiger partial charge in [0.2, 0.25) is 0 Å². The highest BCUT2D eigenvalue weighted by Gasteiger charge is 2.67. The molecule has 0 aliphatic rings. The van der Waals surface area contributed by atoms with Gasteiger partial charge in [0.15, 0.2) is 17.2 Å². The number of anilines is 3. The van der Waals surface area contributed by atoms with Crippen molar-refractivity contribution in [3.63, 3.8) is 0 Å². The molecule has 0 saturated carbocycles. The first kappa shape index (κ1) is 84.8. The number of carbonyl (C=O) groups is 3. The third-order valence-electron chi connectivity index (χ3n) is 19.0. The quantitative estimate of drug-likeness (QED) is 0.0570. The van der Waals surface area contributed by atoms with E-state index in [9.17, 15) is 27.6 Å². The van der Waals surface area contributed by atoms with Gasteiger partial charge in [-0.05, 0) is 147 Å². The van der Waals surface area contributed by atoms with Gasteiger partial charge in [0.1, 0.15) is 51.9 Å². The van der Waals surface area contributed by atoms with Crippen LogP contribution in [0.2, 0.25) is 15.1 Å². The number of hydrogen-bond acceptors (Lipinski definition) is 13. The van der Waals surface area contributed by atoms with E-state index in [1.165, 1.54) is 160 Å². The smallest absolute Gasteiger partial charge is 0.456 e. The Morgan fingerprint density at radius 1 is 0.336 bits per heavy atom. The Labute approximate surface area is 653 Å². The predicted molar refractivity (Wildman–Crippen MR) is 425 cm³/mol. The minimum atomic E-state index is -5.90. The van der Waals surface area contributed by atoms with Crippen LogP contribution in [0.15, 0.2) is 179 Å². The van der Waals surface area contributed by atoms with Crippen LogP contribution in [0.4, 0.5) is 30.2 Å². The highest BCUT2D eigenvalue weighted by Crippen LogP contribution is 2.72. The molecule has 0 aliphatic heterocycles. The summed E-state index contributed by atoms with van der Waals surface area (Å²) in [4.78, 5) is 90.5. The Balaban J connectivity index is 1.23. The number of phosphoric acid groups is 1. The number of halogens is 6. The molecule has 3 aromatic heterocycles. The highest BCUT2D eigenvalue weighted by molar-refractivity contribution is 7.48. The van der Waals surface area contributed by atoms with E-state index < -0.39 is 109 Å². The molecule has 584 valence electrons. The van der Waals surface area contributed by atoms with E-state index >= 15 is 18.9 Å². The fraction of sp³-hybridized carbons (Fsp3) is 0.357. The maximum Gasteiger partial charge on any atom is 0.481 e. The van der Waals surface area contributed by atoms with Crippen molar-refractivity contribution in [1.82, 2.24) is 13.7 Å². The second-order valence-corrected chi connectivity index (χ2v) is 36.1. The van der Waals surface area contributed by atoms with Crippen molar-refractivity contribution in [3.8, 4) is 34.5 Å². The van der Waals surface area contributed by atoms with Crippen LogP contribution in [0.25, 0.3) is 0 Å². The number of rotatable bonds is 21. The lowest BCUT2D eigenvalue weighted by Gasteiger charge is -2.59. The third kappa shape index (κ3) is 17.3. The standard InChI is InChI=1S/C84H93Cl3F3N6O13P/c1-49-40-55(88)25-31-64(49)104-67-43-52(85)22-28-61(67)73(100)91-58-34-37-94(70(97)46-58)82(76(4,5)6,77(7,8)9)107-110(103,108-83(78(10,11)12,79(13,14)15)95-38-35-59(47-71(95)98)92-74(101)62-29-23-53(86)44-68(62)105-65-32-26-56(89)41-50(65)2)109-84(80(16,17)18,81(19,20)21)96-39-36-60(48-72(96)99)93-75(102)63-30-24-54(87)45-69(63)106-66-33-27-57(90)42-51(66)3/h22-48H,1-21H3,(H,91,100)(H,92,101)(H,93,102). The number of amides is 3. The van der Waals surface area contributed by atoms with Gasteiger partial charge in [0.25, 0.3) is 34.4 Å². The van der Waals surface area contributed by atoms with Gasteiger partial charge in [-0.1, -0.05) is 159 Å². The molecule has 3 heterocycles. The van der Waals surface area contributed by atoms with Crippen molar-refractivity contribution >= 4 is 77.4 Å². The van der Waals surface area contributed by atoms with Crippen LogP contribution in [-0.4, -0.2) is 31.4 Å². The van der Waals surface area contributed by atoms with Gasteiger partial charge in [0.05, 0.1) is 16.7 Å². The molecule has 0 radical (unpaired) electrons. The third-order valence-corrected chi connectivity index (χ3v) is 21.2. The lowest BCUT2D eigenvalue weighted by molar-refractivity contribution is -0.263. The number of pyridine rings is 3. The highest BCUT2D eigenvalue weighted by atomic mass is 35.5. The first-order chi connectivity index (χ1) is 50.7. The summed E-state index contributed by atoms with van der Waals surface area (Å²) in [5.74, 6) is -2.91. The normalized spacial score (nSPS) is 12.9. The predicted octanol–water partition coefficient (Wildman–Crippen LogP) is 22.4. The van der Waals surface area contributed by atoms with E-state index in [2.05, 4.69) is 16.0 Å². The molecule has 0 spiro atoms. The molecule has 0 bridgehead atoms. The molecule has 9 aromatic rings. The summed E-state index contributed by atoms with van der Waals surface area (Å²) in [6.07, 6.45) is 4.09. The summed E-state index contributed by atoms with van der Waals surface area (Å²) >= 11 is 19.3. The molecule has 3 amide bonds. The Bertz CT molecular complexity index is 4750. The molecule has 0 aliphatic carbocycles. The molecule has 3 N–H and O–H groups in total. The van der Waals surface area contributed by atoms with Crippen molar-refractivity contribution in [2.45, 2.75) is 163 Å². The van der Waals surface area contributed by atoms with Crippen molar-refractivity contribution in [3.05, 3.63) is 261 Å². The van der Waals surface area contributed by atoms with Gasteiger partial charge in [-0.25, -0.2) is 17.7 Å². The van der Waals surface area contributed by atoms with Gasteiger partial charge in [-0.15, -0.1) is 0 Å². The number of benzene rings is 6. The van der Waals surface area contributed by atoms with Gasteiger partial charge >= 0.3 is 7.82 Å². The molecule has 6 aromatic carbocycles. The number of aromatic nitrogens is 3. The van der Waals surface area contributed by atoms with Gasteiger partial charge in [0, 0.05) is 120 Å². The van der Waals surface area contributed by atoms with E-state index in [4.69, 9.17) is 62.6 Å². The van der Waals surface area contributed by atoms with E-state index in [0.29, 0.717) is 16.7 Å². The summed E-state index contributed by atoms with van der Waals surface area (Å²) in [7, 11) is -5.90. The number of phosphoric ester groups is 1. The van der Waals surface area contributed by atoms with Crippen molar-refractivity contribution < 1.29 is 59.9 Å². The molecule has 0 saturated heterocycles. The molecular formula is C84H93Cl3F3N6O13P. The summed E-state index contributed by atoms with van der Waals surface area (Å²) in [6.45, 7) is 36.4. The molecular weight excluding hydrogens is 1500 g/mol. The van der Waals surface area contributed by atoms with Gasteiger partial charge in [-0.2, -0.15) is 0 Å². The Morgan fingerprint density at radius 2 is 0.564 bits per heavy atom. The van der Waals surface area contributed by atoms with Crippen LogP contribution < -0.4 is 46.8 Å². The zero-order valence-electron chi connectivity index (χ0n) is 65.5. The summed E-state index contributed by atoms with van der Waals surface area (Å²) in [5.41, 5.74) is -16.2. The zero-order chi connectivity index (χ0) is 81.8. The maximum absolute atomic E-state index is 18.5. The number of ether oxygens (including phenoxy) is 3. The second kappa shape index (κ2) is 31.1. The van der Waals surface area contributed by atoms with Crippen LogP contribution in [0, 0.1) is 70.7 Å². The Kier molecular flexibility index (Phi) is 24.0. The number of nitrogens with zero attached hydrogens (tertiary/aromatic N) is 3. The monoisotopic (exact) mass is 1590 g/mol. The van der Waals surface area contributed by atoms with Crippen LogP contribution in [0.5, 0.6) is 34.5 Å². The molecule has 0 unspecified atom stereocenters. The first-order valence-electron chi connectivity index (χ1n) is 35.3. The number of aryl methyl sites for hydroxylation is 3. The Hall–Kier alpha value is -9.25. The zero-order valence-corrected chi connectivity index (χ0v) is 68.6. The lowest BCUT2D eigenvalue weighted by Crippen LogP contribution is -2.63. The molecule has 0 fully saturated rings. The molecule has 19 nitrogen and oxygen atoms in total. The molecule has 9 rings (SSSR count). The maximum atomic E-state index is 18.5. The molecule has 26 heteroatoms. The minimum Gasteiger partial charge on any atom is -0.456 e. The van der Waals surface area contributed by atoms with E-state index in [1.807, 2.05) is 0 Å². The number of carbonyl (C=O) groups excluding carboxylic acids is 3. The SMILES string of the molecule is Cc1cc(F)ccc1Oc1cc(Cl)ccc1C(=O)Nc1ccn(C(OP(=O)(OC(n2ccc(NC(=O)c3ccc(Cl)cc3Oc3ccc(F)cc3C)cc2=O)(C(C)(C)C)C(C)(C)C)OC(n2ccc(NC(=O)c3ccc(Cl)cc3Oc3ccc(F)cc3C)cc2=O)(C(C)(C)C)C(C)(C)C)(C(C)(C)C)C(C)(C)C)c(=O)c1. The fourth-order valence-corrected chi connectivity index (χ4v) is 18.4. The van der Waals surface area contributed by atoms with E-state index in [1.54, 1.807) is 145 Å². The van der Waals surface area contributed by atoms with E-state index in [-0.39, 0.29) is 83.3 Å². The average molecular weight is 1590 g/mol. The molecule has 0 atom stereocenters. The number of hydrogen-bond donors (Lipinski definition) is 3. The van der Waals surface area contributed by atoms with Crippen molar-refractivity contribution in [2.24, 2.45) is 32.5 Å². The van der Waals surface area contributed by atoms with Crippen molar-refractivity contribution in [2.75, 3.05) is 16.0 Å².